The molecular weight excluding hydrogens is 424 g/mol. The largest absolute Gasteiger partial charge is 0.487 e. The van der Waals surface area contributed by atoms with Crippen molar-refractivity contribution in [2.45, 2.75) is 32.3 Å². The minimum absolute atomic E-state index is 0.135. The predicted molar refractivity (Wildman–Crippen MR) is 119 cm³/mol. The predicted octanol–water partition coefficient (Wildman–Crippen LogP) is 2.81. The van der Waals surface area contributed by atoms with Gasteiger partial charge in [0.25, 0.3) is 11.8 Å². The SMILES string of the molecule is Cn1ccc(NC(=O)c2cc(Oc3cnc(C(=O)N4CCC4)cn3)c3c(c2)OC(C)(C)C3)n1. The zero-order chi connectivity index (χ0) is 23.2. The Morgan fingerprint density at radius 1 is 1.18 bits per heavy atom. The summed E-state index contributed by atoms with van der Waals surface area (Å²) in [6.07, 6.45) is 6.19. The monoisotopic (exact) mass is 448 g/mol. The summed E-state index contributed by atoms with van der Waals surface area (Å²) < 4.78 is 13.7. The van der Waals surface area contributed by atoms with E-state index >= 15 is 0 Å². The Kier molecular flexibility index (Phi) is 4.99. The molecule has 3 aromatic rings. The Labute approximate surface area is 190 Å². The van der Waals surface area contributed by atoms with Crippen molar-refractivity contribution in [3.63, 3.8) is 0 Å². The molecule has 10 heteroatoms. The summed E-state index contributed by atoms with van der Waals surface area (Å²) in [5.41, 5.74) is 1.05. The highest BCUT2D eigenvalue weighted by Crippen LogP contribution is 2.42. The fraction of sp³-hybridized carbons (Fsp3) is 0.348. The van der Waals surface area contributed by atoms with Crippen LogP contribution < -0.4 is 14.8 Å². The number of ether oxygens (including phenoxy) is 2. The minimum atomic E-state index is -0.435. The molecule has 0 saturated carbocycles. The maximum Gasteiger partial charge on any atom is 0.274 e. The van der Waals surface area contributed by atoms with Gasteiger partial charge >= 0.3 is 0 Å². The van der Waals surface area contributed by atoms with Crippen LogP contribution >= 0.6 is 0 Å². The lowest BCUT2D eigenvalue weighted by molar-refractivity contribution is 0.0645. The lowest BCUT2D eigenvalue weighted by Crippen LogP contribution is -2.42. The van der Waals surface area contributed by atoms with Crippen LogP contribution in [0.3, 0.4) is 0 Å². The molecule has 1 saturated heterocycles. The van der Waals surface area contributed by atoms with E-state index in [9.17, 15) is 9.59 Å². The first-order chi connectivity index (χ1) is 15.8. The van der Waals surface area contributed by atoms with Gasteiger partial charge in [-0.05, 0) is 32.4 Å². The molecular formula is C23H24N6O4. The molecule has 0 spiro atoms. The number of aryl methyl sites for hydroxylation is 1. The van der Waals surface area contributed by atoms with Gasteiger partial charge < -0.3 is 19.7 Å². The third-order valence-electron chi connectivity index (χ3n) is 5.58. The van der Waals surface area contributed by atoms with E-state index in [1.807, 2.05) is 13.8 Å². The van der Waals surface area contributed by atoms with Gasteiger partial charge in [0.1, 0.15) is 22.8 Å². The normalized spacial score (nSPS) is 15.9. The highest BCUT2D eigenvalue weighted by atomic mass is 16.5. The Balaban J connectivity index is 1.41. The van der Waals surface area contributed by atoms with Crippen LogP contribution in [0.1, 0.15) is 46.7 Å². The van der Waals surface area contributed by atoms with Crippen LogP contribution in [0.25, 0.3) is 0 Å². The first kappa shape index (κ1) is 20.9. The van der Waals surface area contributed by atoms with Gasteiger partial charge in [-0.3, -0.25) is 14.3 Å². The van der Waals surface area contributed by atoms with Crippen molar-refractivity contribution in [1.82, 2.24) is 24.6 Å². The highest BCUT2D eigenvalue weighted by Gasteiger charge is 2.34. The molecule has 0 atom stereocenters. The van der Waals surface area contributed by atoms with Gasteiger partial charge in [-0.1, -0.05) is 0 Å². The number of aromatic nitrogens is 4. The summed E-state index contributed by atoms with van der Waals surface area (Å²) >= 11 is 0. The third kappa shape index (κ3) is 4.23. The number of hydrogen-bond acceptors (Lipinski definition) is 7. The van der Waals surface area contributed by atoms with Gasteiger partial charge in [-0.2, -0.15) is 5.10 Å². The van der Waals surface area contributed by atoms with Crippen molar-refractivity contribution < 1.29 is 19.1 Å². The van der Waals surface area contributed by atoms with Crippen LogP contribution in [0.4, 0.5) is 5.82 Å². The molecule has 4 heterocycles. The third-order valence-corrected chi connectivity index (χ3v) is 5.58. The summed E-state index contributed by atoms with van der Waals surface area (Å²) in [7, 11) is 1.77. The quantitative estimate of drug-likeness (QED) is 0.639. The summed E-state index contributed by atoms with van der Waals surface area (Å²) in [6.45, 7) is 5.43. The van der Waals surface area contributed by atoms with Crippen LogP contribution in [0.5, 0.6) is 17.4 Å². The lowest BCUT2D eigenvalue weighted by atomic mass is 9.99. The molecule has 33 heavy (non-hydrogen) atoms. The molecule has 170 valence electrons. The number of likely N-dealkylation sites (tertiary alicyclic amines) is 1. The maximum atomic E-state index is 12.9. The van der Waals surface area contributed by atoms with Gasteiger partial charge in [-0.25, -0.2) is 9.97 Å². The summed E-state index contributed by atoms with van der Waals surface area (Å²) in [5.74, 6) is 1.24. The van der Waals surface area contributed by atoms with Gasteiger partial charge in [-0.15, -0.1) is 0 Å². The smallest absolute Gasteiger partial charge is 0.274 e. The topological polar surface area (TPSA) is 111 Å². The second kappa shape index (κ2) is 7.88. The number of fused-ring (bicyclic) bond motifs is 1. The second-order valence-electron chi connectivity index (χ2n) is 8.81. The first-order valence-corrected chi connectivity index (χ1v) is 10.7. The second-order valence-corrected chi connectivity index (χ2v) is 8.81. The van der Waals surface area contributed by atoms with E-state index in [0.29, 0.717) is 29.3 Å². The van der Waals surface area contributed by atoms with Crippen molar-refractivity contribution in [3.05, 3.63) is 53.6 Å². The van der Waals surface area contributed by atoms with E-state index in [1.165, 1.54) is 12.4 Å². The van der Waals surface area contributed by atoms with Crippen molar-refractivity contribution >= 4 is 17.6 Å². The van der Waals surface area contributed by atoms with Gasteiger partial charge in [0.05, 0.1) is 12.4 Å². The number of benzene rings is 1. The number of carbonyl (C=O) groups is 2. The average molecular weight is 448 g/mol. The Bertz CT molecular complexity index is 1230. The summed E-state index contributed by atoms with van der Waals surface area (Å²) in [6, 6.07) is 5.07. The number of nitrogens with zero attached hydrogens (tertiary/aromatic N) is 5. The van der Waals surface area contributed by atoms with Crippen LogP contribution in [-0.4, -0.2) is 55.2 Å². The van der Waals surface area contributed by atoms with Crippen LogP contribution in [0.15, 0.2) is 36.8 Å². The number of rotatable bonds is 5. The molecule has 2 aromatic heterocycles. The van der Waals surface area contributed by atoms with E-state index in [0.717, 1.165) is 25.1 Å². The fourth-order valence-corrected chi connectivity index (χ4v) is 3.81. The molecule has 1 aromatic carbocycles. The van der Waals surface area contributed by atoms with Crippen molar-refractivity contribution in [1.29, 1.82) is 0 Å². The van der Waals surface area contributed by atoms with Gasteiger partial charge in [0.2, 0.25) is 5.88 Å². The lowest BCUT2D eigenvalue weighted by Gasteiger charge is -2.30. The molecule has 0 bridgehead atoms. The molecule has 2 aliphatic heterocycles. The number of anilines is 1. The van der Waals surface area contributed by atoms with Crippen molar-refractivity contribution in [3.8, 4) is 17.4 Å². The zero-order valence-corrected chi connectivity index (χ0v) is 18.7. The van der Waals surface area contributed by atoms with E-state index in [4.69, 9.17) is 9.47 Å². The molecule has 5 rings (SSSR count). The van der Waals surface area contributed by atoms with Gasteiger partial charge in [0.15, 0.2) is 5.82 Å². The van der Waals surface area contributed by atoms with E-state index in [1.54, 1.807) is 41.0 Å². The molecule has 1 fully saturated rings. The Hall–Kier alpha value is -3.95. The summed E-state index contributed by atoms with van der Waals surface area (Å²) in [5, 5.41) is 6.95. The van der Waals surface area contributed by atoms with E-state index in [2.05, 4.69) is 20.4 Å². The molecule has 1 N–H and O–H groups in total. The minimum Gasteiger partial charge on any atom is -0.487 e. The standard InChI is InChI=1S/C23H24N6O4/c1-23(2)11-15-17(32-20-13-24-16(12-25-20)22(31)29-6-4-7-29)9-14(10-18(15)33-23)21(30)26-19-5-8-28(3)27-19/h5,8-10,12-13H,4,6-7,11H2,1-3H3,(H,26,27,30). The average Bonchev–Trinajstić information content (AvgIpc) is 3.27. The van der Waals surface area contributed by atoms with E-state index < -0.39 is 5.60 Å². The molecule has 2 amide bonds. The first-order valence-electron chi connectivity index (χ1n) is 10.7. The number of amides is 2. The highest BCUT2D eigenvalue weighted by molar-refractivity contribution is 6.04. The van der Waals surface area contributed by atoms with Crippen LogP contribution in [0, 0.1) is 0 Å². The van der Waals surface area contributed by atoms with Gasteiger partial charge in [0, 0.05) is 49.9 Å². The molecule has 10 nitrogen and oxygen atoms in total. The molecule has 0 aliphatic carbocycles. The van der Waals surface area contributed by atoms with Crippen molar-refractivity contribution in [2.75, 3.05) is 18.4 Å². The maximum absolute atomic E-state index is 12.9. The number of hydrogen-bond donors (Lipinski definition) is 1. The molecule has 0 unspecified atom stereocenters. The Morgan fingerprint density at radius 3 is 2.64 bits per heavy atom. The van der Waals surface area contributed by atoms with E-state index in [-0.39, 0.29) is 23.4 Å². The fourth-order valence-electron chi connectivity index (χ4n) is 3.81. The van der Waals surface area contributed by atoms with Crippen molar-refractivity contribution in [2.24, 2.45) is 7.05 Å². The summed E-state index contributed by atoms with van der Waals surface area (Å²) in [4.78, 5) is 35.4. The number of nitrogens with one attached hydrogen (secondary N) is 1. The number of carbonyl (C=O) groups excluding carboxylic acids is 2. The molecule has 2 aliphatic rings. The zero-order valence-electron chi connectivity index (χ0n) is 18.7. The van der Waals surface area contributed by atoms with Crippen LogP contribution in [-0.2, 0) is 13.5 Å². The Morgan fingerprint density at radius 2 is 2.00 bits per heavy atom. The molecule has 0 radical (unpaired) electrons. The van der Waals surface area contributed by atoms with Crippen LogP contribution in [0.2, 0.25) is 0 Å².